The summed E-state index contributed by atoms with van der Waals surface area (Å²) in [4.78, 5) is 7.26. The molecule has 1 heterocycles. The van der Waals surface area contributed by atoms with Gasteiger partial charge in [-0.1, -0.05) is 42.5 Å². The van der Waals surface area contributed by atoms with E-state index >= 15 is 0 Å². The standard InChI is InChI=1S/C23H32N4O2S.HI/c1-18-15-19(11-12-22(18)30(3,28)29)16-25-23(24-2)26-17-21(27-13-7-8-14-27)20-9-5-4-6-10-20;/h4-6,9-12,15,21H,7-8,13-14,16-17H2,1-3H3,(H2,24,25,26);1H. The molecule has 6 nitrogen and oxygen atoms in total. The van der Waals surface area contributed by atoms with Crippen molar-refractivity contribution in [3.05, 3.63) is 65.2 Å². The molecule has 1 atom stereocenters. The summed E-state index contributed by atoms with van der Waals surface area (Å²) in [6.45, 7) is 5.42. The van der Waals surface area contributed by atoms with E-state index in [1.807, 2.05) is 19.1 Å². The Balaban J connectivity index is 0.00000341. The number of nitrogens with one attached hydrogen (secondary N) is 2. The molecule has 1 saturated heterocycles. The first-order valence-corrected chi connectivity index (χ1v) is 12.3. The Kier molecular flexibility index (Phi) is 9.77. The maximum absolute atomic E-state index is 11.8. The van der Waals surface area contributed by atoms with Crippen LogP contribution in [0, 0.1) is 6.92 Å². The Labute approximate surface area is 203 Å². The second-order valence-corrected chi connectivity index (χ2v) is 9.83. The topological polar surface area (TPSA) is 73.8 Å². The van der Waals surface area contributed by atoms with E-state index < -0.39 is 9.84 Å². The van der Waals surface area contributed by atoms with Crippen molar-refractivity contribution in [1.82, 2.24) is 15.5 Å². The number of likely N-dealkylation sites (tertiary alicyclic amines) is 1. The minimum atomic E-state index is -3.20. The highest BCUT2D eigenvalue weighted by atomic mass is 127. The predicted molar refractivity (Wildman–Crippen MR) is 138 cm³/mol. The minimum absolute atomic E-state index is 0. The first-order chi connectivity index (χ1) is 14.4. The van der Waals surface area contributed by atoms with Gasteiger partial charge in [-0.15, -0.1) is 24.0 Å². The van der Waals surface area contributed by atoms with Crippen LogP contribution in [0.25, 0.3) is 0 Å². The largest absolute Gasteiger partial charge is 0.354 e. The molecule has 0 amide bonds. The molecule has 8 heteroatoms. The summed E-state index contributed by atoms with van der Waals surface area (Å²) in [6.07, 6.45) is 3.74. The molecular weight excluding hydrogens is 523 g/mol. The fourth-order valence-electron chi connectivity index (χ4n) is 4.02. The van der Waals surface area contributed by atoms with Gasteiger partial charge in [0.05, 0.1) is 10.9 Å². The molecule has 0 saturated carbocycles. The number of rotatable bonds is 7. The summed E-state index contributed by atoms with van der Waals surface area (Å²) in [6, 6.07) is 16.4. The third kappa shape index (κ3) is 7.18. The number of hydrogen-bond donors (Lipinski definition) is 2. The second-order valence-electron chi connectivity index (χ2n) is 7.85. The lowest BCUT2D eigenvalue weighted by atomic mass is 10.1. The van der Waals surface area contributed by atoms with E-state index in [1.54, 1.807) is 13.1 Å². The van der Waals surface area contributed by atoms with Crippen LogP contribution in [0.2, 0.25) is 0 Å². The van der Waals surface area contributed by atoms with E-state index in [0.29, 0.717) is 17.5 Å². The number of guanidine groups is 1. The molecule has 170 valence electrons. The zero-order valence-corrected chi connectivity index (χ0v) is 21.6. The van der Waals surface area contributed by atoms with E-state index in [4.69, 9.17) is 0 Å². The van der Waals surface area contributed by atoms with E-state index in [-0.39, 0.29) is 24.0 Å². The molecule has 1 unspecified atom stereocenters. The number of hydrogen-bond acceptors (Lipinski definition) is 4. The predicted octanol–water partition coefficient (Wildman–Crippen LogP) is 3.52. The number of benzene rings is 2. The van der Waals surface area contributed by atoms with Crippen LogP contribution in [-0.4, -0.2) is 52.2 Å². The number of nitrogens with zero attached hydrogens (tertiary/aromatic N) is 2. The van der Waals surface area contributed by atoms with Crippen LogP contribution in [0.3, 0.4) is 0 Å². The Hall–Kier alpha value is -1.65. The van der Waals surface area contributed by atoms with Gasteiger partial charge < -0.3 is 10.6 Å². The van der Waals surface area contributed by atoms with E-state index in [0.717, 1.165) is 36.7 Å². The molecule has 0 aliphatic carbocycles. The monoisotopic (exact) mass is 556 g/mol. The molecule has 0 aromatic heterocycles. The maximum atomic E-state index is 11.8. The van der Waals surface area contributed by atoms with Crippen molar-refractivity contribution in [2.45, 2.75) is 37.2 Å². The average molecular weight is 557 g/mol. The lowest BCUT2D eigenvalue weighted by Gasteiger charge is -2.29. The highest BCUT2D eigenvalue weighted by Gasteiger charge is 2.23. The molecule has 0 radical (unpaired) electrons. The van der Waals surface area contributed by atoms with Crippen LogP contribution in [0.4, 0.5) is 0 Å². The Morgan fingerprint density at radius 3 is 2.35 bits per heavy atom. The van der Waals surface area contributed by atoms with Gasteiger partial charge >= 0.3 is 0 Å². The van der Waals surface area contributed by atoms with E-state index in [9.17, 15) is 8.42 Å². The third-order valence-corrected chi connectivity index (χ3v) is 6.81. The van der Waals surface area contributed by atoms with E-state index in [1.165, 1.54) is 24.7 Å². The van der Waals surface area contributed by atoms with Gasteiger partial charge in [0, 0.05) is 26.4 Å². The van der Waals surface area contributed by atoms with Gasteiger partial charge in [0.2, 0.25) is 0 Å². The highest BCUT2D eigenvalue weighted by molar-refractivity contribution is 14.0. The van der Waals surface area contributed by atoms with Crippen molar-refractivity contribution in [1.29, 1.82) is 0 Å². The number of aryl methyl sites for hydroxylation is 1. The first kappa shape index (κ1) is 25.6. The van der Waals surface area contributed by atoms with Gasteiger partial charge in [0.15, 0.2) is 15.8 Å². The molecule has 3 rings (SSSR count). The summed E-state index contributed by atoms with van der Waals surface area (Å²) in [5.74, 6) is 0.736. The molecule has 2 N–H and O–H groups in total. The van der Waals surface area contributed by atoms with Crippen LogP contribution >= 0.6 is 24.0 Å². The van der Waals surface area contributed by atoms with Crippen molar-refractivity contribution < 1.29 is 8.42 Å². The molecular formula is C23H33IN4O2S. The normalized spacial score (nSPS) is 15.9. The number of halogens is 1. The first-order valence-electron chi connectivity index (χ1n) is 10.4. The molecule has 1 aliphatic rings. The summed E-state index contributed by atoms with van der Waals surface area (Å²) in [5.41, 5.74) is 3.09. The molecule has 1 aliphatic heterocycles. The molecule has 1 fully saturated rings. The van der Waals surface area contributed by atoms with Crippen molar-refractivity contribution in [3.8, 4) is 0 Å². The summed E-state index contributed by atoms with van der Waals surface area (Å²) >= 11 is 0. The van der Waals surface area contributed by atoms with Crippen LogP contribution < -0.4 is 10.6 Å². The SMILES string of the molecule is CN=C(NCc1ccc(S(C)(=O)=O)c(C)c1)NCC(c1ccccc1)N1CCCC1.I. The molecule has 0 bridgehead atoms. The molecule has 2 aromatic rings. The van der Waals surface area contributed by atoms with Crippen LogP contribution in [0.15, 0.2) is 58.4 Å². The maximum Gasteiger partial charge on any atom is 0.191 e. The summed E-state index contributed by atoms with van der Waals surface area (Å²) in [5, 5.41) is 6.81. The lowest BCUT2D eigenvalue weighted by molar-refractivity contribution is 0.245. The summed E-state index contributed by atoms with van der Waals surface area (Å²) in [7, 11) is -1.44. The van der Waals surface area contributed by atoms with Crippen molar-refractivity contribution in [2.75, 3.05) is 32.9 Å². The van der Waals surface area contributed by atoms with Crippen molar-refractivity contribution in [2.24, 2.45) is 4.99 Å². The Bertz CT molecular complexity index is 974. The molecule has 2 aromatic carbocycles. The van der Waals surface area contributed by atoms with Gasteiger partial charge in [-0.2, -0.15) is 0 Å². The van der Waals surface area contributed by atoms with Crippen molar-refractivity contribution in [3.63, 3.8) is 0 Å². The van der Waals surface area contributed by atoms with Crippen LogP contribution in [0.5, 0.6) is 0 Å². The van der Waals surface area contributed by atoms with Crippen molar-refractivity contribution >= 4 is 39.8 Å². The van der Waals surface area contributed by atoms with Gasteiger partial charge in [-0.25, -0.2) is 8.42 Å². The number of sulfone groups is 1. The highest BCUT2D eigenvalue weighted by Crippen LogP contribution is 2.24. The number of aliphatic imine (C=N–C) groups is 1. The lowest BCUT2D eigenvalue weighted by Crippen LogP contribution is -2.42. The summed E-state index contributed by atoms with van der Waals surface area (Å²) < 4.78 is 23.6. The zero-order chi connectivity index (χ0) is 21.6. The van der Waals surface area contributed by atoms with Crippen LogP contribution in [0.1, 0.15) is 35.6 Å². The van der Waals surface area contributed by atoms with Crippen LogP contribution in [-0.2, 0) is 16.4 Å². The Morgan fingerprint density at radius 1 is 1.10 bits per heavy atom. The zero-order valence-electron chi connectivity index (χ0n) is 18.5. The van der Waals surface area contributed by atoms with Gasteiger partial charge in [0.25, 0.3) is 0 Å². The smallest absolute Gasteiger partial charge is 0.191 e. The quantitative estimate of drug-likeness (QED) is 0.310. The molecule has 31 heavy (non-hydrogen) atoms. The van der Waals surface area contributed by atoms with Gasteiger partial charge in [-0.05, 0) is 55.6 Å². The van der Waals surface area contributed by atoms with Gasteiger partial charge in [0.1, 0.15) is 0 Å². The fourth-order valence-corrected chi connectivity index (χ4v) is 4.98. The van der Waals surface area contributed by atoms with E-state index in [2.05, 4.69) is 50.9 Å². The third-order valence-electron chi connectivity index (χ3n) is 5.55. The average Bonchev–Trinajstić information content (AvgIpc) is 3.25. The van der Waals surface area contributed by atoms with Gasteiger partial charge in [-0.3, -0.25) is 9.89 Å². The second kappa shape index (κ2) is 11.8. The molecule has 0 spiro atoms. The Morgan fingerprint density at radius 2 is 1.77 bits per heavy atom. The minimum Gasteiger partial charge on any atom is -0.354 e. The fraction of sp³-hybridized carbons (Fsp3) is 0.435.